The first-order chi connectivity index (χ1) is 13.9. The number of allylic oxidation sites excluding steroid dienone is 2. The summed E-state index contributed by atoms with van der Waals surface area (Å²) in [5.74, 6) is -2.47. The summed E-state index contributed by atoms with van der Waals surface area (Å²) in [7, 11) is 3.53. The summed E-state index contributed by atoms with van der Waals surface area (Å²) in [5, 5.41) is 16.2. The molecule has 0 bridgehead atoms. The summed E-state index contributed by atoms with van der Waals surface area (Å²) in [6.07, 6.45) is 0.179. The highest BCUT2D eigenvalue weighted by molar-refractivity contribution is 7.17. The molecule has 8 heteroatoms. The van der Waals surface area contributed by atoms with E-state index in [0.29, 0.717) is 17.0 Å². The number of methoxy groups -OCH3 is 1. The number of anilines is 2. The first kappa shape index (κ1) is 21.0. The Morgan fingerprint density at radius 1 is 1.00 bits per heavy atom. The molecule has 0 saturated carbocycles. The first-order valence-corrected chi connectivity index (χ1v) is 9.56. The van der Waals surface area contributed by atoms with E-state index in [-0.39, 0.29) is 29.8 Å². The molecule has 0 spiro atoms. The predicted molar refractivity (Wildman–Crippen MR) is 111 cm³/mol. The fourth-order valence-electron chi connectivity index (χ4n) is 3.10. The quantitative estimate of drug-likeness (QED) is 0.486. The Balaban J connectivity index is 1.98. The minimum atomic E-state index is -0.944. The molecule has 1 aliphatic rings. The second-order valence-corrected chi connectivity index (χ2v) is 7.09. The third-order valence-corrected chi connectivity index (χ3v) is 4.98. The Labute approximate surface area is 169 Å². The molecule has 3 N–H and O–H groups in total. The van der Waals surface area contributed by atoms with E-state index in [1.54, 1.807) is 36.4 Å². The van der Waals surface area contributed by atoms with Gasteiger partial charge in [-0.25, -0.2) is 13.6 Å². The van der Waals surface area contributed by atoms with Crippen molar-refractivity contribution in [3.63, 3.8) is 0 Å². The second-order valence-electron chi connectivity index (χ2n) is 6.46. The molecule has 0 radical (unpaired) electrons. The maximum absolute atomic E-state index is 14.1. The van der Waals surface area contributed by atoms with Crippen LogP contribution in [-0.2, 0) is 9.53 Å². The van der Waals surface area contributed by atoms with Crippen LogP contribution in [0.1, 0.15) is 12.8 Å². The average molecular weight is 418 g/mol. The molecule has 3 rings (SSSR count). The summed E-state index contributed by atoms with van der Waals surface area (Å²) in [6, 6.07) is 12.2. The van der Waals surface area contributed by atoms with Crippen molar-refractivity contribution in [2.45, 2.75) is 18.7 Å². The highest BCUT2D eigenvalue weighted by Crippen LogP contribution is 2.36. The van der Waals surface area contributed by atoms with Gasteiger partial charge in [0.25, 0.3) is 0 Å². The summed E-state index contributed by atoms with van der Waals surface area (Å²) in [6.45, 7) is 0. The van der Waals surface area contributed by atoms with Crippen molar-refractivity contribution in [2.24, 2.45) is 0 Å². The van der Waals surface area contributed by atoms with Crippen LogP contribution in [0.4, 0.5) is 20.2 Å². The number of nitrogens with one attached hydrogen (secondary N) is 2. The minimum absolute atomic E-state index is 0.0542. The third kappa shape index (κ3) is 4.81. The van der Waals surface area contributed by atoms with Gasteiger partial charge in [-0.15, -0.1) is 9.24 Å². The number of para-hydroxylation sites is 2. The normalized spacial score (nSPS) is 15.2. The van der Waals surface area contributed by atoms with Gasteiger partial charge >= 0.3 is 5.97 Å². The lowest BCUT2D eigenvalue weighted by atomic mass is 9.92. The fourth-order valence-corrected chi connectivity index (χ4v) is 3.42. The summed E-state index contributed by atoms with van der Waals surface area (Å²) < 4.78 is 33.1. The standard InChI is InChI=1S/C21H21F2N2O3P/c1-28-20(26)12-10-19(25-17-9-5-3-7-15(17)23)13(21(27)29)11-18(12)24-16-8-4-2-6-14(16)22/h2-9,21,24-25,27H,10-11,29H2,1H3. The number of aliphatic hydroxyl groups is 1. The summed E-state index contributed by atoms with van der Waals surface area (Å²) in [5.41, 5.74) is 2.12. The Hall–Kier alpha value is -2.76. The number of aliphatic hydroxyl groups excluding tert-OH is 1. The molecule has 0 amide bonds. The van der Waals surface area contributed by atoms with E-state index >= 15 is 0 Å². The van der Waals surface area contributed by atoms with Crippen LogP contribution < -0.4 is 10.6 Å². The van der Waals surface area contributed by atoms with Crippen molar-refractivity contribution in [3.8, 4) is 0 Å². The molecular weight excluding hydrogens is 397 g/mol. The Bertz CT molecular complexity index is 989. The first-order valence-electron chi connectivity index (χ1n) is 8.89. The lowest BCUT2D eigenvalue weighted by Gasteiger charge is -2.28. The minimum Gasteiger partial charge on any atom is -0.466 e. The molecule has 152 valence electrons. The zero-order valence-electron chi connectivity index (χ0n) is 15.7. The van der Waals surface area contributed by atoms with Crippen molar-refractivity contribution < 1.29 is 23.4 Å². The van der Waals surface area contributed by atoms with Crippen molar-refractivity contribution in [1.29, 1.82) is 0 Å². The van der Waals surface area contributed by atoms with Crippen molar-refractivity contribution in [3.05, 3.63) is 82.7 Å². The van der Waals surface area contributed by atoms with Gasteiger partial charge in [0.2, 0.25) is 0 Å². The molecule has 1 aliphatic carbocycles. The van der Waals surface area contributed by atoms with Gasteiger partial charge in [0, 0.05) is 24.2 Å². The molecule has 0 heterocycles. The van der Waals surface area contributed by atoms with Crippen LogP contribution in [0.25, 0.3) is 0 Å². The molecule has 0 aromatic heterocycles. The van der Waals surface area contributed by atoms with Gasteiger partial charge in [0.05, 0.1) is 29.9 Å². The van der Waals surface area contributed by atoms with Gasteiger partial charge in [-0.1, -0.05) is 24.3 Å². The van der Waals surface area contributed by atoms with E-state index in [1.807, 2.05) is 0 Å². The van der Waals surface area contributed by atoms with Crippen molar-refractivity contribution >= 4 is 26.6 Å². The largest absolute Gasteiger partial charge is 0.466 e. The maximum atomic E-state index is 14.1. The molecule has 2 aromatic carbocycles. The summed E-state index contributed by atoms with van der Waals surface area (Å²) in [4.78, 5) is 12.4. The smallest absolute Gasteiger partial charge is 0.335 e. The molecule has 2 aromatic rings. The molecule has 0 aliphatic heterocycles. The van der Waals surface area contributed by atoms with Crippen LogP contribution >= 0.6 is 9.24 Å². The molecule has 2 atom stereocenters. The number of carbonyl (C=O) groups is 1. The van der Waals surface area contributed by atoms with Gasteiger partial charge in [-0.3, -0.25) is 0 Å². The zero-order chi connectivity index (χ0) is 21.0. The number of hydrogen-bond acceptors (Lipinski definition) is 5. The van der Waals surface area contributed by atoms with E-state index in [9.17, 15) is 18.7 Å². The highest BCUT2D eigenvalue weighted by atomic mass is 31.0. The number of carbonyl (C=O) groups excluding carboxylic acids is 1. The van der Waals surface area contributed by atoms with Crippen molar-refractivity contribution in [1.82, 2.24) is 0 Å². The molecule has 29 heavy (non-hydrogen) atoms. The Morgan fingerprint density at radius 2 is 1.52 bits per heavy atom. The van der Waals surface area contributed by atoms with Gasteiger partial charge in [0.1, 0.15) is 11.6 Å². The van der Waals surface area contributed by atoms with E-state index in [2.05, 4.69) is 19.9 Å². The summed E-state index contributed by atoms with van der Waals surface area (Å²) >= 11 is 0. The van der Waals surface area contributed by atoms with Crippen LogP contribution in [0.2, 0.25) is 0 Å². The van der Waals surface area contributed by atoms with Crippen LogP contribution in [0.5, 0.6) is 0 Å². The van der Waals surface area contributed by atoms with E-state index < -0.39 is 23.4 Å². The Kier molecular flexibility index (Phi) is 6.62. The zero-order valence-corrected chi connectivity index (χ0v) is 16.9. The fraction of sp³-hybridized carbons (Fsp3) is 0.190. The number of hydrogen-bond donors (Lipinski definition) is 3. The van der Waals surface area contributed by atoms with E-state index in [4.69, 9.17) is 4.74 Å². The average Bonchev–Trinajstić information content (AvgIpc) is 2.71. The highest BCUT2D eigenvalue weighted by Gasteiger charge is 2.28. The third-order valence-electron chi connectivity index (χ3n) is 4.58. The molecule has 0 saturated heterocycles. The topological polar surface area (TPSA) is 70.6 Å². The molecule has 2 unspecified atom stereocenters. The molecule has 5 nitrogen and oxygen atoms in total. The van der Waals surface area contributed by atoms with E-state index in [0.717, 1.165) is 0 Å². The second kappa shape index (κ2) is 9.16. The van der Waals surface area contributed by atoms with Gasteiger partial charge in [-0.05, 0) is 29.8 Å². The van der Waals surface area contributed by atoms with Gasteiger partial charge in [-0.2, -0.15) is 0 Å². The number of rotatable bonds is 6. The molecule has 0 fully saturated rings. The van der Waals surface area contributed by atoms with Crippen molar-refractivity contribution in [2.75, 3.05) is 17.7 Å². The number of halogens is 2. The maximum Gasteiger partial charge on any atom is 0.335 e. The lowest BCUT2D eigenvalue weighted by molar-refractivity contribution is -0.136. The molecular formula is C21H21F2N2O3P. The monoisotopic (exact) mass is 418 g/mol. The van der Waals surface area contributed by atoms with Crippen LogP contribution in [-0.4, -0.2) is 24.0 Å². The number of ether oxygens (including phenoxy) is 1. The van der Waals surface area contributed by atoms with Gasteiger partial charge in [0.15, 0.2) is 0 Å². The van der Waals surface area contributed by atoms with E-state index in [1.165, 1.54) is 19.2 Å². The van der Waals surface area contributed by atoms with Gasteiger partial charge < -0.3 is 20.5 Å². The number of benzene rings is 2. The van der Waals surface area contributed by atoms with Crippen LogP contribution in [0.3, 0.4) is 0 Å². The SMILES string of the molecule is COC(=O)C1=C(Nc2ccccc2F)CC(C(O)P)=C(Nc2ccccc2F)C1. The Morgan fingerprint density at radius 3 is 2.00 bits per heavy atom. The van der Waals surface area contributed by atoms with Crippen LogP contribution in [0, 0.1) is 11.6 Å². The lowest BCUT2D eigenvalue weighted by Crippen LogP contribution is -2.24. The van der Waals surface area contributed by atoms with Crippen LogP contribution in [0.15, 0.2) is 71.1 Å². The predicted octanol–water partition coefficient (Wildman–Crippen LogP) is 4.16. The number of esters is 1.